The number of fused-ring (bicyclic) bond motifs is 1. The molecule has 1 unspecified atom stereocenters. The van der Waals surface area contributed by atoms with Crippen molar-refractivity contribution in [1.29, 1.82) is 0 Å². The van der Waals surface area contributed by atoms with Crippen molar-refractivity contribution < 1.29 is 14.4 Å². The number of ether oxygens (including phenoxy) is 1. The van der Waals surface area contributed by atoms with Gasteiger partial charge in [0.2, 0.25) is 0 Å². The standard InChI is InChI=1S/C23H28N4O2S/c1-17(23-24-20-6-4-5-7-21(20)30-23)25(2)16-22(28)27-14-12-26(13-15-27)18-8-10-19(29-3)11-9-18/h4-11,17H,12-16H2,1-3H3/p+1/t17-/m0/s1. The first kappa shape index (κ1) is 20.6. The van der Waals surface area contributed by atoms with Crippen LogP contribution >= 0.6 is 11.3 Å². The van der Waals surface area contributed by atoms with E-state index in [-0.39, 0.29) is 11.9 Å². The monoisotopic (exact) mass is 425 g/mol. The van der Waals surface area contributed by atoms with Gasteiger partial charge in [-0.2, -0.15) is 0 Å². The SMILES string of the molecule is COc1ccc(N2CCN(C(=O)C[NH+](C)[C@@H](C)c3nc4ccccc4s3)CC2)cc1. The van der Waals surface area contributed by atoms with Gasteiger partial charge in [-0.05, 0) is 43.3 Å². The molecule has 3 aromatic rings. The van der Waals surface area contributed by atoms with Crippen LogP contribution in [0.25, 0.3) is 10.2 Å². The molecule has 1 saturated heterocycles. The Bertz CT molecular complexity index is 963. The van der Waals surface area contributed by atoms with E-state index in [2.05, 4.69) is 37.1 Å². The van der Waals surface area contributed by atoms with Gasteiger partial charge in [-0.25, -0.2) is 4.98 Å². The molecule has 0 radical (unpaired) electrons. The van der Waals surface area contributed by atoms with Crippen molar-refractivity contribution in [3.05, 3.63) is 53.5 Å². The minimum Gasteiger partial charge on any atom is -0.497 e. The van der Waals surface area contributed by atoms with Gasteiger partial charge >= 0.3 is 0 Å². The Morgan fingerprint density at radius 1 is 1.13 bits per heavy atom. The number of carbonyl (C=O) groups excluding carboxylic acids is 1. The normalized spacial score (nSPS) is 16.5. The Morgan fingerprint density at radius 2 is 1.83 bits per heavy atom. The van der Waals surface area contributed by atoms with Crippen molar-refractivity contribution in [2.24, 2.45) is 0 Å². The van der Waals surface area contributed by atoms with Crippen LogP contribution in [0.5, 0.6) is 5.75 Å². The number of nitrogens with one attached hydrogen (secondary N) is 1. The Morgan fingerprint density at radius 3 is 2.50 bits per heavy atom. The molecule has 0 aliphatic carbocycles. The second-order valence-electron chi connectivity index (χ2n) is 7.83. The zero-order valence-electron chi connectivity index (χ0n) is 17.8. The highest BCUT2D eigenvalue weighted by Gasteiger charge is 2.27. The summed E-state index contributed by atoms with van der Waals surface area (Å²) in [6.45, 7) is 5.86. The predicted molar refractivity (Wildman–Crippen MR) is 122 cm³/mol. The van der Waals surface area contributed by atoms with Gasteiger partial charge in [-0.1, -0.05) is 12.1 Å². The van der Waals surface area contributed by atoms with Gasteiger partial charge in [0.25, 0.3) is 5.91 Å². The van der Waals surface area contributed by atoms with Crippen molar-refractivity contribution in [2.75, 3.05) is 51.8 Å². The van der Waals surface area contributed by atoms with E-state index in [4.69, 9.17) is 9.72 Å². The number of hydrogen-bond acceptors (Lipinski definition) is 5. The maximum Gasteiger partial charge on any atom is 0.277 e. The fraction of sp³-hybridized carbons (Fsp3) is 0.391. The van der Waals surface area contributed by atoms with Crippen molar-refractivity contribution in [3.63, 3.8) is 0 Å². The smallest absolute Gasteiger partial charge is 0.277 e. The summed E-state index contributed by atoms with van der Waals surface area (Å²) in [5.74, 6) is 1.08. The molecule has 2 atom stereocenters. The molecule has 1 fully saturated rings. The molecule has 158 valence electrons. The van der Waals surface area contributed by atoms with Crippen molar-refractivity contribution in [1.82, 2.24) is 9.88 Å². The van der Waals surface area contributed by atoms with Crippen LogP contribution in [0.15, 0.2) is 48.5 Å². The number of piperazine rings is 1. The van der Waals surface area contributed by atoms with Crippen LogP contribution in [0.2, 0.25) is 0 Å². The molecule has 1 N–H and O–H groups in total. The first-order valence-electron chi connectivity index (χ1n) is 10.4. The molecular formula is C23H29N4O2S+. The fourth-order valence-electron chi connectivity index (χ4n) is 3.80. The minimum absolute atomic E-state index is 0.187. The molecule has 4 rings (SSSR count). The number of benzene rings is 2. The third-order valence-corrected chi connectivity index (χ3v) is 7.14. The molecule has 2 heterocycles. The second-order valence-corrected chi connectivity index (χ2v) is 8.89. The summed E-state index contributed by atoms with van der Waals surface area (Å²) in [5, 5.41) is 1.09. The zero-order chi connectivity index (χ0) is 21.1. The molecule has 0 spiro atoms. The third kappa shape index (κ3) is 4.42. The van der Waals surface area contributed by atoms with Gasteiger partial charge in [0.1, 0.15) is 11.8 Å². The van der Waals surface area contributed by atoms with E-state index in [1.165, 1.54) is 15.3 Å². The number of para-hydroxylation sites is 1. The molecule has 1 aliphatic heterocycles. The number of hydrogen-bond donors (Lipinski definition) is 1. The number of quaternary nitrogens is 1. The third-order valence-electron chi connectivity index (χ3n) is 5.92. The molecule has 1 amide bonds. The van der Waals surface area contributed by atoms with Gasteiger partial charge < -0.3 is 19.4 Å². The minimum atomic E-state index is 0.187. The van der Waals surface area contributed by atoms with Crippen molar-refractivity contribution >= 4 is 33.1 Å². The van der Waals surface area contributed by atoms with Crippen LogP contribution < -0.4 is 14.5 Å². The average molecular weight is 426 g/mol. The van der Waals surface area contributed by atoms with E-state index in [0.717, 1.165) is 42.5 Å². The van der Waals surface area contributed by atoms with E-state index in [1.807, 2.05) is 35.2 Å². The molecule has 0 bridgehead atoms. The Balaban J connectivity index is 1.31. The Labute approximate surface area is 181 Å². The first-order chi connectivity index (χ1) is 14.5. The predicted octanol–water partition coefficient (Wildman–Crippen LogP) is 2.23. The largest absolute Gasteiger partial charge is 0.497 e. The zero-order valence-corrected chi connectivity index (χ0v) is 18.6. The maximum absolute atomic E-state index is 12.9. The number of carbonyl (C=O) groups is 1. The topological polar surface area (TPSA) is 50.1 Å². The van der Waals surface area contributed by atoms with Crippen LogP contribution in [0.3, 0.4) is 0 Å². The summed E-state index contributed by atoms with van der Waals surface area (Å²) in [7, 11) is 3.76. The fourth-order valence-corrected chi connectivity index (χ4v) is 4.91. The molecule has 6 nitrogen and oxygen atoms in total. The highest BCUT2D eigenvalue weighted by atomic mass is 32.1. The highest BCUT2D eigenvalue weighted by Crippen LogP contribution is 2.25. The van der Waals surface area contributed by atoms with Crippen LogP contribution in [-0.4, -0.2) is 62.7 Å². The van der Waals surface area contributed by atoms with Crippen LogP contribution in [0.1, 0.15) is 18.0 Å². The Hall–Kier alpha value is -2.64. The molecule has 7 heteroatoms. The molecule has 1 aromatic heterocycles. The van der Waals surface area contributed by atoms with Crippen molar-refractivity contribution in [2.45, 2.75) is 13.0 Å². The van der Waals surface area contributed by atoms with Gasteiger partial charge in [0.05, 0.1) is 24.4 Å². The van der Waals surface area contributed by atoms with E-state index < -0.39 is 0 Å². The molecule has 2 aromatic carbocycles. The summed E-state index contributed by atoms with van der Waals surface area (Å²) in [4.78, 5) is 23.2. The lowest BCUT2D eigenvalue weighted by atomic mass is 10.2. The number of rotatable bonds is 6. The van der Waals surface area contributed by atoms with Crippen LogP contribution in [0, 0.1) is 0 Å². The number of amides is 1. The molecule has 30 heavy (non-hydrogen) atoms. The first-order valence-corrected chi connectivity index (χ1v) is 11.2. The van der Waals surface area contributed by atoms with E-state index >= 15 is 0 Å². The number of methoxy groups -OCH3 is 1. The number of thiazole rings is 1. The van der Waals surface area contributed by atoms with E-state index in [9.17, 15) is 4.79 Å². The Kier molecular flexibility index (Phi) is 6.20. The molecular weight excluding hydrogens is 396 g/mol. The lowest BCUT2D eigenvalue weighted by Crippen LogP contribution is -3.10. The van der Waals surface area contributed by atoms with Crippen LogP contribution in [0.4, 0.5) is 5.69 Å². The summed E-state index contributed by atoms with van der Waals surface area (Å²) in [5.41, 5.74) is 2.22. The number of likely N-dealkylation sites (N-methyl/N-ethyl adjacent to an activating group) is 1. The summed E-state index contributed by atoms with van der Waals surface area (Å²) in [6, 6.07) is 16.5. The maximum atomic E-state index is 12.9. The lowest BCUT2D eigenvalue weighted by Gasteiger charge is -2.36. The number of anilines is 1. The van der Waals surface area contributed by atoms with Gasteiger partial charge in [0, 0.05) is 31.9 Å². The summed E-state index contributed by atoms with van der Waals surface area (Å²) >= 11 is 1.72. The summed E-state index contributed by atoms with van der Waals surface area (Å²) < 4.78 is 6.43. The average Bonchev–Trinajstić information content (AvgIpc) is 3.23. The second kappa shape index (κ2) is 9.02. The number of aromatic nitrogens is 1. The molecule has 1 aliphatic rings. The quantitative estimate of drug-likeness (QED) is 0.658. The number of nitrogens with zero attached hydrogens (tertiary/aromatic N) is 3. The van der Waals surface area contributed by atoms with E-state index in [0.29, 0.717) is 6.54 Å². The van der Waals surface area contributed by atoms with E-state index in [1.54, 1.807) is 18.4 Å². The molecule has 0 saturated carbocycles. The lowest BCUT2D eigenvalue weighted by molar-refractivity contribution is -0.902. The summed E-state index contributed by atoms with van der Waals surface area (Å²) in [6.07, 6.45) is 0. The van der Waals surface area contributed by atoms with Crippen molar-refractivity contribution in [3.8, 4) is 5.75 Å². The highest BCUT2D eigenvalue weighted by molar-refractivity contribution is 7.18. The van der Waals surface area contributed by atoms with Gasteiger partial charge in [-0.15, -0.1) is 11.3 Å². The van der Waals surface area contributed by atoms with Gasteiger partial charge in [0.15, 0.2) is 11.6 Å². The van der Waals surface area contributed by atoms with Crippen LogP contribution in [-0.2, 0) is 4.79 Å². The van der Waals surface area contributed by atoms with Gasteiger partial charge in [-0.3, -0.25) is 4.79 Å².